The van der Waals surface area contributed by atoms with Crippen molar-refractivity contribution in [2.75, 3.05) is 19.6 Å². The van der Waals surface area contributed by atoms with Gasteiger partial charge in [0.25, 0.3) is 0 Å². The molecule has 0 aromatic heterocycles. The smallest absolute Gasteiger partial charge is 0.223 e. The van der Waals surface area contributed by atoms with Crippen LogP contribution >= 0.6 is 12.4 Å². The van der Waals surface area contributed by atoms with E-state index in [0.29, 0.717) is 18.9 Å². The van der Waals surface area contributed by atoms with Crippen LogP contribution in [0.5, 0.6) is 0 Å². The fourth-order valence-electron chi connectivity index (χ4n) is 2.29. The molecule has 1 aliphatic carbocycles. The number of halogens is 1. The van der Waals surface area contributed by atoms with Gasteiger partial charge in [0.2, 0.25) is 11.8 Å². The molecule has 1 atom stereocenters. The molecule has 5 nitrogen and oxygen atoms in total. The summed E-state index contributed by atoms with van der Waals surface area (Å²) >= 11 is 0. The van der Waals surface area contributed by atoms with Gasteiger partial charge in [0.05, 0.1) is 0 Å². The fourth-order valence-corrected chi connectivity index (χ4v) is 2.29. The quantitative estimate of drug-likeness (QED) is 0.643. The number of rotatable bonds is 10. The van der Waals surface area contributed by atoms with Gasteiger partial charge >= 0.3 is 0 Å². The van der Waals surface area contributed by atoms with Crippen molar-refractivity contribution in [1.82, 2.24) is 10.2 Å². The second kappa shape index (κ2) is 10.9. The number of carbonyl (C=O) groups excluding carboxylic acids is 2. The van der Waals surface area contributed by atoms with Crippen LogP contribution in [0.3, 0.4) is 0 Å². The van der Waals surface area contributed by atoms with Gasteiger partial charge in [-0.15, -0.1) is 12.4 Å². The van der Waals surface area contributed by atoms with E-state index >= 15 is 0 Å². The zero-order valence-corrected chi connectivity index (χ0v) is 14.1. The van der Waals surface area contributed by atoms with Crippen molar-refractivity contribution in [1.29, 1.82) is 0 Å². The van der Waals surface area contributed by atoms with E-state index in [2.05, 4.69) is 19.2 Å². The zero-order chi connectivity index (χ0) is 15.0. The third-order valence-corrected chi connectivity index (χ3v) is 3.67. The molecule has 6 heteroatoms. The number of nitrogens with two attached hydrogens (primary N) is 1. The van der Waals surface area contributed by atoms with E-state index in [1.165, 1.54) is 12.8 Å². The van der Waals surface area contributed by atoms with E-state index in [1.807, 2.05) is 4.90 Å². The first-order chi connectivity index (χ1) is 9.58. The van der Waals surface area contributed by atoms with Crippen molar-refractivity contribution in [3.05, 3.63) is 0 Å². The molecule has 0 aromatic rings. The molecule has 1 unspecified atom stereocenters. The monoisotopic (exact) mass is 319 g/mol. The maximum Gasteiger partial charge on any atom is 0.223 e. The van der Waals surface area contributed by atoms with Crippen LogP contribution in [0.15, 0.2) is 0 Å². The van der Waals surface area contributed by atoms with Gasteiger partial charge in [0, 0.05) is 38.5 Å². The maximum absolute atomic E-state index is 12.0. The molecule has 21 heavy (non-hydrogen) atoms. The summed E-state index contributed by atoms with van der Waals surface area (Å²) in [7, 11) is 0. The van der Waals surface area contributed by atoms with Gasteiger partial charge in [-0.2, -0.15) is 0 Å². The molecule has 124 valence electrons. The van der Waals surface area contributed by atoms with Crippen molar-refractivity contribution in [2.24, 2.45) is 11.7 Å². The number of nitrogens with zero attached hydrogens (tertiary/aromatic N) is 1. The Morgan fingerprint density at radius 2 is 1.76 bits per heavy atom. The van der Waals surface area contributed by atoms with E-state index in [9.17, 15) is 9.59 Å². The minimum atomic E-state index is -0.0672. The van der Waals surface area contributed by atoms with Crippen molar-refractivity contribution >= 4 is 24.2 Å². The van der Waals surface area contributed by atoms with Crippen molar-refractivity contribution in [3.8, 4) is 0 Å². The van der Waals surface area contributed by atoms with Gasteiger partial charge in [-0.3, -0.25) is 9.59 Å². The Balaban J connectivity index is 0.00000400. The Morgan fingerprint density at radius 3 is 2.24 bits per heavy atom. The summed E-state index contributed by atoms with van der Waals surface area (Å²) in [6.45, 7) is 6.21. The lowest BCUT2D eigenvalue weighted by Gasteiger charge is -2.21. The van der Waals surface area contributed by atoms with Gasteiger partial charge in [0.15, 0.2) is 0 Å². The maximum atomic E-state index is 12.0. The lowest BCUT2D eigenvalue weighted by molar-refractivity contribution is -0.133. The highest BCUT2D eigenvalue weighted by Crippen LogP contribution is 2.31. The van der Waals surface area contributed by atoms with Crippen LogP contribution < -0.4 is 11.1 Å². The number of nitrogens with one attached hydrogen (secondary N) is 1. The van der Waals surface area contributed by atoms with Crippen molar-refractivity contribution in [2.45, 2.75) is 58.4 Å². The Bertz CT molecular complexity index is 316. The molecular weight excluding hydrogens is 290 g/mol. The highest BCUT2D eigenvalue weighted by atomic mass is 35.5. The Hall–Kier alpha value is -0.810. The largest absolute Gasteiger partial charge is 0.355 e. The summed E-state index contributed by atoms with van der Waals surface area (Å²) in [5, 5.41) is 2.83. The SMILES string of the molecule is CCCN(CCC)C(=O)CCC(=O)NCC(N)C1CC1.Cl. The summed E-state index contributed by atoms with van der Waals surface area (Å²) in [6.07, 6.45) is 4.82. The topological polar surface area (TPSA) is 75.4 Å². The number of hydrogen-bond acceptors (Lipinski definition) is 3. The summed E-state index contributed by atoms with van der Waals surface area (Å²) in [5.41, 5.74) is 5.92. The summed E-state index contributed by atoms with van der Waals surface area (Å²) < 4.78 is 0. The van der Waals surface area contributed by atoms with Crippen LogP contribution in [0.2, 0.25) is 0 Å². The second-order valence-electron chi connectivity index (χ2n) is 5.69. The van der Waals surface area contributed by atoms with E-state index in [1.54, 1.807) is 0 Å². The molecule has 0 saturated heterocycles. The predicted molar refractivity (Wildman–Crippen MR) is 87.4 cm³/mol. The number of hydrogen-bond donors (Lipinski definition) is 2. The summed E-state index contributed by atoms with van der Waals surface area (Å²) in [4.78, 5) is 25.6. The summed E-state index contributed by atoms with van der Waals surface area (Å²) in [5.74, 6) is 0.597. The van der Waals surface area contributed by atoms with E-state index < -0.39 is 0 Å². The highest BCUT2D eigenvalue weighted by molar-refractivity contribution is 5.85. The minimum absolute atomic E-state index is 0. The first-order valence-corrected chi connectivity index (χ1v) is 7.88. The lowest BCUT2D eigenvalue weighted by atomic mass is 10.2. The predicted octanol–water partition coefficient (Wildman–Crippen LogP) is 1.69. The fraction of sp³-hybridized carbons (Fsp3) is 0.867. The van der Waals surface area contributed by atoms with Crippen molar-refractivity contribution < 1.29 is 9.59 Å². The Kier molecular flexibility index (Phi) is 10.4. The van der Waals surface area contributed by atoms with E-state index in [4.69, 9.17) is 5.73 Å². The molecular formula is C15H30ClN3O2. The summed E-state index contributed by atoms with van der Waals surface area (Å²) in [6, 6.07) is 0.0753. The first-order valence-electron chi connectivity index (χ1n) is 7.88. The van der Waals surface area contributed by atoms with Gasteiger partial charge in [-0.25, -0.2) is 0 Å². The molecule has 1 fully saturated rings. The number of carbonyl (C=O) groups is 2. The minimum Gasteiger partial charge on any atom is -0.355 e. The molecule has 0 bridgehead atoms. The first kappa shape index (κ1) is 20.2. The standard InChI is InChI=1S/C15H29N3O2.ClH/c1-3-9-18(10-4-2)15(20)8-7-14(19)17-11-13(16)12-5-6-12;/h12-13H,3-11,16H2,1-2H3,(H,17,19);1H. The van der Waals surface area contributed by atoms with Crippen LogP contribution in [0.4, 0.5) is 0 Å². The van der Waals surface area contributed by atoms with Crippen LogP contribution in [-0.2, 0) is 9.59 Å². The van der Waals surface area contributed by atoms with Crippen LogP contribution in [0, 0.1) is 5.92 Å². The number of amides is 2. The molecule has 0 spiro atoms. The molecule has 2 amide bonds. The Labute approximate surface area is 134 Å². The van der Waals surface area contributed by atoms with Gasteiger partial charge in [0.1, 0.15) is 0 Å². The average Bonchev–Trinajstić information content (AvgIpc) is 3.26. The molecule has 0 heterocycles. The highest BCUT2D eigenvalue weighted by Gasteiger charge is 2.28. The average molecular weight is 320 g/mol. The van der Waals surface area contributed by atoms with Crippen LogP contribution in [0.25, 0.3) is 0 Å². The van der Waals surface area contributed by atoms with Crippen LogP contribution in [0.1, 0.15) is 52.4 Å². The van der Waals surface area contributed by atoms with Gasteiger partial charge in [-0.05, 0) is 31.6 Å². The molecule has 0 radical (unpaired) electrons. The third-order valence-electron chi connectivity index (χ3n) is 3.67. The van der Waals surface area contributed by atoms with E-state index in [0.717, 1.165) is 25.9 Å². The lowest BCUT2D eigenvalue weighted by Crippen LogP contribution is -2.39. The van der Waals surface area contributed by atoms with Crippen LogP contribution in [-0.4, -0.2) is 42.4 Å². The third kappa shape index (κ3) is 8.27. The Morgan fingerprint density at radius 1 is 1.19 bits per heavy atom. The van der Waals surface area contributed by atoms with Gasteiger partial charge < -0.3 is 16.0 Å². The molecule has 1 saturated carbocycles. The van der Waals surface area contributed by atoms with E-state index in [-0.39, 0.29) is 36.7 Å². The second-order valence-corrected chi connectivity index (χ2v) is 5.69. The molecule has 0 aromatic carbocycles. The molecule has 1 aliphatic rings. The molecule has 0 aliphatic heterocycles. The van der Waals surface area contributed by atoms with Gasteiger partial charge in [-0.1, -0.05) is 13.8 Å². The normalized spacial score (nSPS) is 15.0. The zero-order valence-electron chi connectivity index (χ0n) is 13.3. The van der Waals surface area contributed by atoms with Crippen molar-refractivity contribution in [3.63, 3.8) is 0 Å². The molecule has 3 N–H and O–H groups in total. The molecule has 1 rings (SSSR count).